The second-order valence-electron chi connectivity index (χ2n) is 3.10. The standard InChI is InChI=1S/C9H8BrClN4/c1-5-6(3-13-15(5)2)9-12-4-7(10)8(11)14-9/h3-4H,1-2H3. The van der Waals surface area contributed by atoms with E-state index in [1.54, 1.807) is 17.1 Å². The van der Waals surface area contributed by atoms with Crippen LogP contribution in [0.1, 0.15) is 5.69 Å². The monoisotopic (exact) mass is 286 g/mol. The first-order chi connectivity index (χ1) is 7.09. The SMILES string of the molecule is Cc1c(-c2ncc(Br)c(Cl)n2)cnn1C. The van der Waals surface area contributed by atoms with Crippen LogP contribution in [-0.4, -0.2) is 19.7 Å². The van der Waals surface area contributed by atoms with Gasteiger partial charge in [-0.1, -0.05) is 11.6 Å². The zero-order valence-electron chi connectivity index (χ0n) is 8.20. The Morgan fingerprint density at radius 2 is 2.13 bits per heavy atom. The van der Waals surface area contributed by atoms with Crippen LogP contribution in [0.5, 0.6) is 0 Å². The van der Waals surface area contributed by atoms with Crippen LogP contribution in [0.2, 0.25) is 5.15 Å². The van der Waals surface area contributed by atoms with Crippen molar-refractivity contribution in [3.05, 3.63) is 27.7 Å². The molecule has 4 nitrogen and oxygen atoms in total. The number of aryl methyl sites for hydroxylation is 1. The molecular weight excluding hydrogens is 279 g/mol. The van der Waals surface area contributed by atoms with E-state index in [4.69, 9.17) is 11.6 Å². The van der Waals surface area contributed by atoms with E-state index in [-0.39, 0.29) is 0 Å². The van der Waals surface area contributed by atoms with Crippen molar-refractivity contribution in [2.45, 2.75) is 6.92 Å². The third-order valence-electron chi connectivity index (χ3n) is 2.18. The fourth-order valence-electron chi connectivity index (χ4n) is 1.19. The van der Waals surface area contributed by atoms with Gasteiger partial charge in [0.1, 0.15) is 5.15 Å². The van der Waals surface area contributed by atoms with E-state index in [2.05, 4.69) is 31.0 Å². The molecule has 0 unspecified atom stereocenters. The molecule has 2 aromatic heterocycles. The van der Waals surface area contributed by atoms with Gasteiger partial charge in [-0.2, -0.15) is 5.10 Å². The van der Waals surface area contributed by atoms with Crippen molar-refractivity contribution in [3.63, 3.8) is 0 Å². The van der Waals surface area contributed by atoms with Crippen molar-refractivity contribution in [1.29, 1.82) is 0 Å². The highest BCUT2D eigenvalue weighted by Gasteiger charge is 2.10. The fraction of sp³-hybridized carbons (Fsp3) is 0.222. The summed E-state index contributed by atoms with van der Waals surface area (Å²) >= 11 is 9.15. The van der Waals surface area contributed by atoms with Crippen LogP contribution in [-0.2, 0) is 7.05 Å². The Morgan fingerprint density at radius 3 is 2.67 bits per heavy atom. The van der Waals surface area contributed by atoms with Crippen molar-refractivity contribution < 1.29 is 0 Å². The molecule has 2 rings (SSSR count). The maximum Gasteiger partial charge on any atom is 0.164 e. The molecule has 6 heteroatoms. The Kier molecular flexibility index (Phi) is 2.75. The van der Waals surface area contributed by atoms with Gasteiger partial charge in [0.05, 0.1) is 16.2 Å². The summed E-state index contributed by atoms with van der Waals surface area (Å²) in [4.78, 5) is 8.36. The maximum absolute atomic E-state index is 5.90. The lowest BCUT2D eigenvalue weighted by molar-refractivity contribution is 0.740. The molecule has 78 valence electrons. The lowest BCUT2D eigenvalue weighted by Gasteiger charge is -2.00. The smallest absolute Gasteiger partial charge is 0.164 e. The summed E-state index contributed by atoms with van der Waals surface area (Å²) in [5.41, 5.74) is 1.90. The molecule has 0 aliphatic carbocycles. The molecule has 0 fully saturated rings. The minimum atomic E-state index is 0.406. The molecular formula is C9H8BrClN4. The summed E-state index contributed by atoms with van der Waals surface area (Å²) in [5, 5.41) is 4.53. The van der Waals surface area contributed by atoms with Crippen LogP contribution < -0.4 is 0 Å². The second kappa shape index (κ2) is 3.90. The molecule has 2 heterocycles. The molecule has 15 heavy (non-hydrogen) atoms. The predicted octanol–water partition coefficient (Wildman–Crippen LogP) is 2.60. The van der Waals surface area contributed by atoms with Gasteiger partial charge in [0.15, 0.2) is 5.82 Å². The van der Waals surface area contributed by atoms with Crippen LogP contribution in [0.15, 0.2) is 16.9 Å². The maximum atomic E-state index is 5.90. The van der Waals surface area contributed by atoms with E-state index in [1.165, 1.54) is 0 Å². The number of rotatable bonds is 1. The first kappa shape index (κ1) is 10.6. The first-order valence-electron chi connectivity index (χ1n) is 4.26. The third-order valence-corrected chi connectivity index (χ3v) is 3.27. The molecule has 0 radical (unpaired) electrons. The van der Waals surface area contributed by atoms with Crippen molar-refractivity contribution in [1.82, 2.24) is 19.7 Å². The van der Waals surface area contributed by atoms with Gasteiger partial charge < -0.3 is 0 Å². The molecule has 0 atom stereocenters. The molecule has 0 N–H and O–H groups in total. The van der Waals surface area contributed by atoms with E-state index >= 15 is 0 Å². The van der Waals surface area contributed by atoms with Gasteiger partial charge in [-0.25, -0.2) is 9.97 Å². The lowest BCUT2D eigenvalue weighted by atomic mass is 10.2. The van der Waals surface area contributed by atoms with E-state index < -0.39 is 0 Å². The Bertz CT molecular complexity index is 509. The van der Waals surface area contributed by atoms with Gasteiger partial charge in [0, 0.05) is 18.9 Å². The van der Waals surface area contributed by atoms with Crippen molar-refractivity contribution in [2.75, 3.05) is 0 Å². The van der Waals surface area contributed by atoms with Gasteiger partial charge in [-0.05, 0) is 22.9 Å². The molecule has 0 aliphatic rings. The van der Waals surface area contributed by atoms with Gasteiger partial charge in [0.2, 0.25) is 0 Å². The first-order valence-corrected chi connectivity index (χ1v) is 5.43. The van der Waals surface area contributed by atoms with Gasteiger partial charge in [0.25, 0.3) is 0 Å². The van der Waals surface area contributed by atoms with Crippen LogP contribution in [0.3, 0.4) is 0 Å². The van der Waals surface area contributed by atoms with E-state index in [9.17, 15) is 0 Å². The van der Waals surface area contributed by atoms with Crippen molar-refractivity contribution >= 4 is 27.5 Å². The van der Waals surface area contributed by atoms with Gasteiger partial charge in [-0.15, -0.1) is 0 Å². The topological polar surface area (TPSA) is 43.6 Å². The second-order valence-corrected chi connectivity index (χ2v) is 4.31. The molecule has 0 aromatic carbocycles. The Hall–Kier alpha value is -0.940. The Morgan fingerprint density at radius 1 is 1.40 bits per heavy atom. The summed E-state index contributed by atoms with van der Waals surface area (Å²) in [6.07, 6.45) is 3.37. The summed E-state index contributed by atoms with van der Waals surface area (Å²) in [5.74, 6) is 0.591. The zero-order chi connectivity index (χ0) is 11.0. The number of nitrogens with zero attached hydrogens (tertiary/aromatic N) is 4. The van der Waals surface area contributed by atoms with E-state index in [0.717, 1.165) is 11.3 Å². The lowest BCUT2D eigenvalue weighted by Crippen LogP contribution is -1.94. The molecule has 0 saturated heterocycles. The largest absolute Gasteiger partial charge is 0.272 e. The van der Waals surface area contributed by atoms with Crippen LogP contribution in [0.4, 0.5) is 0 Å². The minimum Gasteiger partial charge on any atom is -0.272 e. The van der Waals surface area contributed by atoms with Crippen LogP contribution in [0.25, 0.3) is 11.4 Å². The summed E-state index contributed by atoms with van der Waals surface area (Å²) in [7, 11) is 1.87. The minimum absolute atomic E-state index is 0.406. The molecule has 0 saturated carbocycles. The number of hydrogen-bond acceptors (Lipinski definition) is 3. The van der Waals surface area contributed by atoms with Gasteiger partial charge in [-0.3, -0.25) is 4.68 Å². The highest BCUT2D eigenvalue weighted by Crippen LogP contribution is 2.24. The number of hydrogen-bond donors (Lipinski definition) is 0. The molecule has 0 aliphatic heterocycles. The van der Waals surface area contributed by atoms with Crippen LogP contribution >= 0.6 is 27.5 Å². The number of aromatic nitrogens is 4. The summed E-state index contributed by atoms with van der Waals surface area (Å²) in [6, 6.07) is 0. The molecule has 2 aromatic rings. The summed E-state index contributed by atoms with van der Waals surface area (Å²) < 4.78 is 2.46. The highest BCUT2D eigenvalue weighted by molar-refractivity contribution is 9.10. The Labute approximate surface area is 100 Å². The molecule has 0 spiro atoms. The normalized spacial score (nSPS) is 10.7. The highest BCUT2D eigenvalue weighted by atomic mass is 79.9. The van der Waals surface area contributed by atoms with E-state index in [1.807, 2.05) is 14.0 Å². The van der Waals surface area contributed by atoms with Crippen molar-refractivity contribution in [2.24, 2.45) is 7.05 Å². The van der Waals surface area contributed by atoms with Gasteiger partial charge >= 0.3 is 0 Å². The third kappa shape index (κ3) is 1.89. The predicted molar refractivity (Wildman–Crippen MR) is 61.7 cm³/mol. The average Bonchev–Trinajstić information content (AvgIpc) is 2.53. The average molecular weight is 288 g/mol. The molecule has 0 bridgehead atoms. The Balaban J connectivity index is 2.55. The quantitative estimate of drug-likeness (QED) is 0.757. The zero-order valence-corrected chi connectivity index (χ0v) is 10.5. The van der Waals surface area contributed by atoms with Crippen molar-refractivity contribution in [3.8, 4) is 11.4 Å². The summed E-state index contributed by atoms with van der Waals surface area (Å²) in [6.45, 7) is 1.96. The molecule has 0 amide bonds. The fourth-order valence-corrected chi connectivity index (χ4v) is 1.51. The van der Waals surface area contributed by atoms with E-state index in [0.29, 0.717) is 15.5 Å². The number of halogens is 2. The van der Waals surface area contributed by atoms with Crippen LogP contribution in [0, 0.1) is 6.92 Å².